The van der Waals surface area contributed by atoms with E-state index in [1.54, 1.807) is 0 Å². The molecule has 0 bridgehead atoms. The van der Waals surface area contributed by atoms with E-state index in [4.69, 9.17) is 0 Å². The summed E-state index contributed by atoms with van der Waals surface area (Å²) in [5.74, 6) is -2.49. The Morgan fingerprint density at radius 1 is 0.941 bits per heavy atom. The van der Waals surface area contributed by atoms with E-state index in [2.05, 4.69) is 0 Å². The maximum Gasteiger partial charge on any atom is 0.419 e. The number of carbonyl (C=O) groups excluding carboxylic acids is 1. The largest absolute Gasteiger partial charge is 0.419 e. The fraction of sp³-hybridized carbons (Fsp3) is 0.222. The molecule has 17 heavy (non-hydrogen) atoms. The van der Waals surface area contributed by atoms with Gasteiger partial charge in [-0.1, -0.05) is 6.07 Å². The second-order valence-corrected chi connectivity index (χ2v) is 3.00. The van der Waals surface area contributed by atoms with Crippen LogP contribution in [0.4, 0.5) is 30.7 Å². The number of halogens is 7. The van der Waals surface area contributed by atoms with Crippen LogP contribution in [0.5, 0.6) is 0 Å². The van der Waals surface area contributed by atoms with Gasteiger partial charge in [0.05, 0.1) is 5.56 Å². The van der Waals surface area contributed by atoms with E-state index in [0.29, 0.717) is 0 Å². The summed E-state index contributed by atoms with van der Waals surface area (Å²) in [7, 11) is 0. The van der Waals surface area contributed by atoms with Crippen LogP contribution in [-0.2, 0) is 12.4 Å². The van der Waals surface area contributed by atoms with Crippen molar-refractivity contribution in [2.75, 3.05) is 0 Å². The number of benzene rings is 1. The van der Waals surface area contributed by atoms with Crippen LogP contribution in [0.1, 0.15) is 21.5 Å². The molecule has 1 aromatic carbocycles. The highest BCUT2D eigenvalue weighted by Crippen LogP contribution is 2.39. The molecule has 0 saturated heterocycles. The Hall–Kier alpha value is -1.60. The Labute approximate surface area is 89.8 Å². The number of rotatable bonds is 1. The van der Waals surface area contributed by atoms with Gasteiger partial charge in [-0.15, -0.1) is 0 Å². The predicted octanol–water partition coefficient (Wildman–Crippen LogP) is 3.68. The van der Waals surface area contributed by atoms with Crippen LogP contribution in [0.15, 0.2) is 12.1 Å². The fourth-order valence-electron chi connectivity index (χ4n) is 1.20. The normalized spacial score (nSPS) is 12.6. The van der Waals surface area contributed by atoms with Crippen LogP contribution in [0.25, 0.3) is 0 Å². The Morgan fingerprint density at radius 2 is 1.47 bits per heavy atom. The molecule has 0 saturated carbocycles. The van der Waals surface area contributed by atoms with E-state index >= 15 is 0 Å². The Morgan fingerprint density at radius 3 is 1.82 bits per heavy atom. The summed E-state index contributed by atoms with van der Waals surface area (Å²) < 4.78 is 86.5. The molecule has 0 N–H and O–H groups in total. The Kier molecular flexibility index (Phi) is 3.17. The number of alkyl halides is 6. The van der Waals surface area contributed by atoms with Crippen molar-refractivity contribution in [2.45, 2.75) is 12.4 Å². The third kappa shape index (κ3) is 2.56. The van der Waals surface area contributed by atoms with Gasteiger partial charge in [0.25, 0.3) is 0 Å². The minimum Gasteiger partial charge on any atom is -0.298 e. The zero-order valence-corrected chi connectivity index (χ0v) is 7.79. The van der Waals surface area contributed by atoms with Gasteiger partial charge >= 0.3 is 12.4 Å². The van der Waals surface area contributed by atoms with Gasteiger partial charge in [-0.2, -0.15) is 26.3 Å². The molecular weight excluding hydrogens is 257 g/mol. The molecule has 0 atom stereocenters. The van der Waals surface area contributed by atoms with Crippen LogP contribution in [0, 0.1) is 5.82 Å². The van der Waals surface area contributed by atoms with Crippen LogP contribution < -0.4 is 0 Å². The minimum absolute atomic E-state index is 0.0916. The third-order valence-corrected chi connectivity index (χ3v) is 1.89. The molecule has 0 aromatic heterocycles. The van der Waals surface area contributed by atoms with Crippen molar-refractivity contribution >= 4 is 6.29 Å². The lowest BCUT2D eigenvalue weighted by molar-refractivity contribution is -0.147. The zero-order valence-electron chi connectivity index (χ0n) is 7.79. The molecule has 0 unspecified atom stereocenters. The molecule has 0 aliphatic rings. The van der Waals surface area contributed by atoms with Crippen molar-refractivity contribution in [2.24, 2.45) is 0 Å². The van der Waals surface area contributed by atoms with Gasteiger partial charge in [-0.3, -0.25) is 4.79 Å². The third-order valence-electron chi connectivity index (χ3n) is 1.89. The highest BCUT2D eigenvalue weighted by molar-refractivity contribution is 5.78. The molecule has 1 rings (SSSR count). The Balaban J connectivity index is 3.61. The van der Waals surface area contributed by atoms with E-state index < -0.39 is 34.9 Å². The van der Waals surface area contributed by atoms with Gasteiger partial charge in [0, 0.05) is 5.56 Å². The lowest BCUT2D eigenvalue weighted by atomic mass is 10.0. The molecular formula is C9H3F7O. The second kappa shape index (κ2) is 4.01. The summed E-state index contributed by atoms with van der Waals surface area (Å²) in [5.41, 5.74) is -5.44. The first-order chi connectivity index (χ1) is 7.59. The summed E-state index contributed by atoms with van der Waals surface area (Å²) in [6.45, 7) is 0. The molecule has 94 valence electrons. The van der Waals surface area contributed by atoms with Gasteiger partial charge in [-0.25, -0.2) is 4.39 Å². The van der Waals surface area contributed by atoms with E-state index in [1.165, 1.54) is 0 Å². The standard InChI is InChI=1S/C9H3F7O/c10-7-5(8(11,12)13)2-1-4(3-17)6(7)9(14,15)16/h1-3H. The molecule has 0 aliphatic carbocycles. The summed E-state index contributed by atoms with van der Waals surface area (Å²) in [4.78, 5) is 10.2. The van der Waals surface area contributed by atoms with Crippen molar-refractivity contribution in [1.82, 2.24) is 0 Å². The van der Waals surface area contributed by atoms with Crippen molar-refractivity contribution in [3.63, 3.8) is 0 Å². The molecule has 1 nitrogen and oxygen atoms in total. The highest BCUT2D eigenvalue weighted by atomic mass is 19.4. The molecule has 0 radical (unpaired) electrons. The summed E-state index contributed by atoms with van der Waals surface area (Å²) in [6, 6.07) is 0.371. The summed E-state index contributed by atoms with van der Waals surface area (Å²) >= 11 is 0. The first-order valence-electron chi connectivity index (χ1n) is 4.01. The molecule has 0 aliphatic heterocycles. The average molecular weight is 260 g/mol. The number of hydrogen-bond acceptors (Lipinski definition) is 1. The molecule has 0 amide bonds. The van der Waals surface area contributed by atoms with Crippen molar-refractivity contribution < 1.29 is 35.5 Å². The topological polar surface area (TPSA) is 17.1 Å². The second-order valence-electron chi connectivity index (χ2n) is 3.00. The Bertz CT molecular complexity index is 444. The first-order valence-corrected chi connectivity index (χ1v) is 4.01. The van der Waals surface area contributed by atoms with Crippen molar-refractivity contribution in [3.05, 3.63) is 34.6 Å². The van der Waals surface area contributed by atoms with Crippen molar-refractivity contribution in [1.29, 1.82) is 0 Å². The maximum atomic E-state index is 13.1. The molecule has 8 heteroatoms. The van der Waals surface area contributed by atoms with E-state index in [1.807, 2.05) is 0 Å². The number of hydrogen-bond donors (Lipinski definition) is 0. The molecule has 0 heterocycles. The van der Waals surface area contributed by atoms with Gasteiger partial charge < -0.3 is 0 Å². The lowest BCUT2D eigenvalue weighted by Crippen LogP contribution is -2.17. The fourth-order valence-corrected chi connectivity index (χ4v) is 1.20. The van der Waals surface area contributed by atoms with Gasteiger partial charge in [0.15, 0.2) is 6.29 Å². The van der Waals surface area contributed by atoms with Gasteiger partial charge in [-0.05, 0) is 6.07 Å². The summed E-state index contributed by atoms with van der Waals surface area (Å²) in [6.07, 6.45) is -11.0. The summed E-state index contributed by atoms with van der Waals surface area (Å²) in [5, 5.41) is 0. The average Bonchev–Trinajstić information content (AvgIpc) is 2.12. The van der Waals surface area contributed by atoms with Crippen molar-refractivity contribution in [3.8, 4) is 0 Å². The number of aldehydes is 1. The quantitative estimate of drug-likeness (QED) is 0.556. The zero-order chi connectivity index (χ0) is 13.4. The highest BCUT2D eigenvalue weighted by Gasteiger charge is 2.43. The molecule has 0 fully saturated rings. The predicted molar refractivity (Wildman–Crippen MR) is 41.8 cm³/mol. The number of carbonyl (C=O) groups is 1. The van der Waals surface area contributed by atoms with E-state index in [0.717, 1.165) is 0 Å². The minimum atomic E-state index is -5.37. The van der Waals surface area contributed by atoms with Crippen LogP contribution in [0.2, 0.25) is 0 Å². The molecule has 0 spiro atoms. The van der Waals surface area contributed by atoms with Gasteiger partial charge in [0.2, 0.25) is 0 Å². The molecule has 1 aromatic rings. The van der Waals surface area contributed by atoms with E-state index in [9.17, 15) is 35.5 Å². The lowest BCUT2D eigenvalue weighted by Gasteiger charge is -2.14. The SMILES string of the molecule is O=Cc1ccc(C(F)(F)F)c(F)c1C(F)(F)F. The van der Waals surface area contributed by atoms with E-state index in [-0.39, 0.29) is 18.4 Å². The smallest absolute Gasteiger partial charge is 0.298 e. The monoisotopic (exact) mass is 260 g/mol. The first kappa shape index (κ1) is 13.5. The van der Waals surface area contributed by atoms with Gasteiger partial charge in [0.1, 0.15) is 11.4 Å². The van der Waals surface area contributed by atoms with Crippen LogP contribution in [-0.4, -0.2) is 6.29 Å². The maximum absolute atomic E-state index is 13.1. The van der Waals surface area contributed by atoms with Crippen LogP contribution in [0.3, 0.4) is 0 Å². The van der Waals surface area contributed by atoms with Crippen LogP contribution >= 0.6 is 0 Å².